The van der Waals surface area contributed by atoms with Gasteiger partial charge in [0.1, 0.15) is 23.7 Å². The normalized spacial score (nSPS) is 33.9. The number of carbonyl (C=O) groups excluding carboxylic acids is 4. The summed E-state index contributed by atoms with van der Waals surface area (Å²) in [5.41, 5.74) is -0.656. The Morgan fingerprint density at radius 3 is 2.41 bits per heavy atom. The van der Waals surface area contributed by atoms with Gasteiger partial charge in [0.25, 0.3) is 0 Å². The van der Waals surface area contributed by atoms with Crippen molar-refractivity contribution in [2.45, 2.75) is 102 Å². The first-order valence-corrected chi connectivity index (χ1v) is 16.7. The van der Waals surface area contributed by atoms with Gasteiger partial charge in [-0.2, -0.15) is 0 Å². The number of esters is 1. The third-order valence-corrected chi connectivity index (χ3v) is 10.5. The number of benzene rings is 1. The second-order valence-electron chi connectivity index (χ2n) is 13.6. The summed E-state index contributed by atoms with van der Waals surface area (Å²) >= 11 is 0. The maximum absolute atomic E-state index is 14.8. The molecule has 5 bridgehead atoms. The van der Waals surface area contributed by atoms with Gasteiger partial charge in [0, 0.05) is 26.1 Å². The van der Waals surface area contributed by atoms with E-state index in [0.29, 0.717) is 13.0 Å². The Kier molecular flexibility index (Phi) is 10.1. The van der Waals surface area contributed by atoms with E-state index in [2.05, 4.69) is 6.92 Å². The highest BCUT2D eigenvalue weighted by Crippen LogP contribution is 2.56. The van der Waals surface area contributed by atoms with Crippen LogP contribution >= 0.6 is 0 Å². The number of hydrogen-bond donors (Lipinski definition) is 1. The number of fused-ring (bicyclic) bond motifs is 2. The number of hydrogen-bond acceptors (Lipinski definition) is 7. The molecule has 250 valence electrons. The predicted molar refractivity (Wildman–Crippen MR) is 172 cm³/mol. The minimum absolute atomic E-state index is 0.0931. The number of aliphatic hydroxyl groups excluding tert-OH is 1. The molecular weight excluding hydrogens is 586 g/mol. The molecule has 4 aliphatic rings. The van der Waals surface area contributed by atoms with E-state index >= 15 is 0 Å². The number of rotatable bonds is 7. The average Bonchev–Trinajstić information content (AvgIpc) is 3.68. The van der Waals surface area contributed by atoms with Crippen LogP contribution in [0.4, 0.5) is 0 Å². The number of allylic oxidation sites excluding steroid dienone is 1. The molecule has 5 rings (SSSR count). The summed E-state index contributed by atoms with van der Waals surface area (Å²) in [6.07, 6.45) is 8.18. The molecule has 1 unspecified atom stereocenters. The van der Waals surface area contributed by atoms with E-state index in [1.165, 1.54) is 4.90 Å². The number of aliphatic hydroxyl groups is 1. The Hall–Kier alpha value is -3.50. The highest BCUT2D eigenvalue weighted by Gasteiger charge is 2.74. The lowest BCUT2D eigenvalue weighted by Gasteiger charge is -2.41. The zero-order valence-corrected chi connectivity index (χ0v) is 27.9. The summed E-state index contributed by atoms with van der Waals surface area (Å²) in [6, 6.07) is 6.91. The van der Waals surface area contributed by atoms with E-state index in [0.717, 1.165) is 18.4 Å². The van der Waals surface area contributed by atoms with Crippen LogP contribution in [-0.4, -0.2) is 99.6 Å². The van der Waals surface area contributed by atoms with Crippen LogP contribution in [0.5, 0.6) is 0 Å². The van der Waals surface area contributed by atoms with E-state index in [4.69, 9.17) is 9.47 Å². The van der Waals surface area contributed by atoms with Crippen molar-refractivity contribution < 1.29 is 33.8 Å². The van der Waals surface area contributed by atoms with E-state index in [1.54, 1.807) is 29.0 Å². The van der Waals surface area contributed by atoms with Crippen molar-refractivity contribution in [1.29, 1.82) is 0 Å². The Bertz CT molecular complexity index is 1360. The molecule has 0 aliphatic carbocycles. The van der Waals surface area contributed by atoms with Gasteiger partial charge in [-0.25, -0.2) is 0 Å². The van der Waals surface area contributed by atoms with Gasteiger partial charge in [0.15, 0.2) is 0 Å². The fourth-order valence-corrected chi connectivity index (χ4v) is 7.76. The van der Waals surface area contributed by atoms with Gasteiger partial charge in [-0.1, -0.05) is 81.8 Å². The zero-order chi connectivity index (χ0) is 33.3. The molecule has 10 heteroatoms. The first-order chi connectivity index (χ1) is 22.0. The molecule has 46 heavy (non-hydrogen) atoms. The van der Waals surface area contributed by atoms with Crippen LogP contribution in [0.25, 0.3) is 0 Å². The number of likely N-dealkylation sites (tertiary alicyclic amines) is 1. The van der Waals surface area contributed by atoms with Crippen molar-refractivity contribution in [3.05, 3.63) is 60.2 Å². The number of amides is 3. The molecule has 1 spiro atoms. The number of carbonyl (C=O) groups is 4. The summed E-state index contributed by atoms with van der Waals surface area (Å²) < 4.78 is 12.9. The third-order valence-electron chi connectivity index (χ3n) is 10.5. The zero-order valence-electron chi connectivity index (χ0n) is 27.9. The first-order valence-electron chi connectivity index (χ1n) is 16.7. The van der Waals surface area contributed by atoms with Crippen molar-refractivity contribution in [3.63, 3.8) is 0 Å². The molecule has 9 atom stereocenters. The van der Waals surface area contributed by atoms with Crippen molar-refractivity contribution in [1.82, 2.24) is 14.7 Å². The van der Waals surface area contributed by atoms with E-state index < -0.39 is 59.6 Å². The lowest BCUT2D eigenvalue weighted by Crippen LogP contribution is -2.60. The van der Waals surface area contributed by atoms with Crippen LogP contribution in [0.15, 0.2) is 54.6 Å². The van der Waals surface area contributed by atoms with Crippen LogP contribution in [0.3, 0.4) is 0 Å². The Morgan fingerprint density at radius 1 is 1.04 bits per heavy atom. The monoisotopic (exact) mass is 635 g/mol. The first kappa shape index (κ1) is 33.9. The van der Waals surface area contributed by atoms with Crippen molar-refractivity contribution in [2.24, 2.45) is 17.8 Å². The van der Waals surface area contributed by atoms with Crippen molar-refractivity contribution in [3.8, 4) is 0 Å². The fraction of sp³-hybridized carbons (Fsp3) is 0.611. The number of nitrogens with zero attached hydrogens (tertiary/aromatic N) is 3. The lowest BCUT2D eigenvalue weighted by atomic mass is 9.74. The summed E-state index contributed by atoms with van der Waals surface area (Å²) in [4.78, 5) is 61.9. The molecule has 4 heterocycles. The molecule has 0 aromatic heterocycles. The molecule has 3 amide bonds. The highest BCUT2D eigenvalue weighted by molar-refractivity contribution is 5.99. The van der Waals surface area contributed by atoms with Gasteiger partial charge in [-0.15, -0.1) is 0 Å². The van der Waals surface area contributed by atoms with Crippen molar-refractivity contribution in [2.75, 3.05) is 20.2 Å². The topological polar surface area (TPSA) is 117 Å². The van der Waals surface area contributed by atoms with Gasteiger partial charge in [0.2, 0.25) is 17.7 Å². The van der Waals surface area contributed by atoms with Gasteiger partial charge < -0.3 is 29.3 Å². The molecule has 1 aromatic rings. The highest BCUT2D eigenvalue weighted by atomic mass is 16.6. The summed E-state index contributed by atoms with van der Waals surface area (Å²) in [7, 11) is 1.71. The second kappa shape index (κ2) is 13.7. The largest absolute Gasteiger partial charge is 0.455 e. The SMILES string of the molecule is CCCC(C)N1C/C=C\CCC(=O)N(C)[C@H](C)[C@@H](c2ccccc2)OC(=O)[C@@H]2[C@@H]3C=C[C@]4(O3)[C@H](C1=O)N([C@@H](CO)C(C)C)C(=O)[C@@H]24. The van der Waals surface area contributed by atoms with Gasteiger partial charge in [-0.05, 0) is 38.2 Å². The third kappa shape index (κ3) is 5.79. The van der Waals surface area contributed by atoms with E-state index in [9.17, 15) is 24.3 Å². The Balaban J connectivity index is 1.64. The Labute approximate surface area is 272 Å². The Morgan fingerprint density at radius 2 is 1.76 bits per heavy atom. The van der Waals surface area contributed by atoms with Gasteiger partial charge in [-0.3, -0.25) is 19.2 Å². The maximum Gasteiger partial charge on any atom is 0.313 e. The van der Waals surface area contributed by atoms with E-state index in [-0.39, 0.29) is 36.8 Å². The van der Waals surface area contributed by atoms with Crippen molar-refractivity contribution >= 4 is 23.7 Å². The van der Waals surface area contributed by atoms with Crippen LogP contribution < -0.4 is 0 Å². The number of likely N-dealkylation sites (N-methyl/N-ethyl adjacent to an activating group) is 1. The molecule has 0 saturated carbocycles. The number of ether oxygens (including phenoxy) is 2. The van der Waals surface area contributed by atoms with Crippen LogP contribution in [0, 0.1) is 17.8 Å². The lowest BCUT2D eigenvalue weighted by molar-refractivity contribution is -0.164. The predicted octanol–water partition coefficient (Wildman–Crippen LogP) is 3.65. The molecule has 1 N–H and O–H groups in total. The van der Waals surface area contributed by atoms with Gasteiger partial charge >= 0.3 is 5.97 Å². The fourth-order valence-electron chi connectivity index (χ4n) is 7.76. The summed E-state index contributed by atoms with van der Waals surface area (Å²) in [6.45, 7) is 9.67. The average molecular weight is 636 g/mol. The standard InChI is InChI=1S/C36H49N3O7/c1-7-14-23(4)38-20-13-9-12-17-28(41)37(6)24(5)31(25-15-10-8-11-16-25)45-35(44)29-27-18-19-36(46-27)30(29)33(42)39(32(36)34(38)43)26(21-40)22(2)3/h8-11,13,15-16,18-19,22-24,26-27,29-32,40H,7,12,14,17,20-21H2,1-6H3/b13-9-/t23?,24-,26+,27+,29-,30-,31+,32+,36-/m1/s1. The second-order valence-corrected chi connectivity index (χ2v) is 13.6. The van der Waals surface area contributed by atoms with Crippen LogP contribution in [-0.2, 0) is 28.7 Å². The summed E-state index contributed by atoms with van der Waals surface area (Å²) in [5, 5.41) is 10.6. The molecule has 1 aromatic carbocycles. The minimum atomic E-state index is -1.38. The number of cyclic esters (lactones) is 1. The molecule has 2 saturated heterocycles. The maximum atomic E-state index is 14.8. The van der Waals surface area contributed by atoms with Crippen LogP contribution in [0.2, 0.25) is 0 Å². The molecule has 0 radical (unpaired) electrons. The van der Waals surface area contributed by atoms with E-state index in [1.807, 2.05) is 70.2 Å². The smallest absolute Gasteiger partial charge is 0.313 e. The van der Waals surface area contributed by atoms with Crippen LogP contribution in [0.1, 0.15) is 72.0 Å². The minimum Gasteiger partial charge on any atom is -0.455 e. The quantitative estimate of drug-likeness (QED) is 0.359. The molecule has 10 nitrogen and oxygen atoms in total. The molecular formula is C36H49N3O7. The van der Waals surface area contributed by atoms with Gasteiger partial charge in [0.05, 0.1) is 30.7 Å². The summed E-state index contributed by atoms with van der Waals surface area (Å²) in [5.74, 6) is -3.55. The molecule has 4 aliphatic heterocycles. The molecule has 2 fully saturated rings.